The van der Waals surface area contributed by atoms with Gasteiger partial charge in [-0.2, -0.15) is 0 Å². The van der Waals surface area contributed by atoms with Gasteiger partial charge in [-0.05, 0) is 67.1 Å². The summed E-state index contributed by atoms with van der Waals surface area (Å²) >= 11 is 0. The van der Waals surface area contributed by atoms with E-state index in [9.17, 15) is 13.2 Å². The SMILES string of the molecule is C[C@H](NC(=O)[C@H]1CN(S(=O)(=O)c2ccccc2)c2ccccc2O1)c1ccc2c(c1)CCC2. The molecule has 1 heterocycles. The number of amides is 1. The van der Waals surface area contributed by atoms with Crippen LogP contribution in [0.3, 0.4) is 0 Å². The summed E-state index contributed by atoms with van der Waals surface area (Å²) in [6, 6.07) is 21.3. The van der Waals surface area contributed by atoms with E-state index in [2.05, 4.69) is 23.5 Å². The fourth-order valence-corrected chi connectivity index (χ4v) is 6.03. The van der Waals surface area contributed by atoms with Gasteiger partial charge in [0.2, 0.25) is 0 Å². The second-order valence-electron chi connectivity index (χ2n) is 8.54. The summed E-state index contributed by atoms with van der Waals surface area (Å²) in [7, 11) is -3.86. The molecule has 0 radical (unpaired) electrons. The van der Waals surface area contributed by atoms with Crippen molar-refractivity contribution in [3.8, 4) is 5.75 Å². The summed E-state index contributed by atoms with van der Waals surface area (Å²) in [6.45, 7) is 1.83. The van der Waals surface area contributed by atoms with Crippen LogP contribution in [0.2, 0.25) is 0 Å². The molecule has 2 atom stereocenters. The molecular formula is C26H26N2O4S. The number of carbonyl (C=O) groups excluding carboxylic acids is 1. The highest BCUT2D eigenvalue weighted by Crippen LogP contribution is 2.37. The average Bonchev–Trinajstić information content (AvgIpc) is 3.31. The molecule has 3 aromatic carbocycles. The van der Waals surface area contributed by atoms with Crippen molar-refractivity contribution in [3.63, 3.8) is 0 Å². The third-order valence-corrected chi connectivity index (χ3v) is 8.13. The lowest BCUT2D eigenvalue weighted by Gasteiger charge is -2.35. The Labute approximate surface area is 194 Å². The number of aryl methyl sites for hydroxylation is 2. The standard InChI is InChI=1S/C26H26N2O4S/c1-18(20-15-14-19-8-7-9-21(19)16-20)27-26(29)25-17-28(23-12-5-6-13-24(23)32-25)33(30,31)22-10-3-2-4-11-22/h2-6,10-16,18,25H,7-9,17H2,1H3,(H,27,29)/t18-,25+/m0/s1. The highest BCUT2D eigenvalue weighted by atomic mass is 32.2. The zero-order valence-electron chi connectivity index (χ0n) is 18.4. The molecule has 33 heavy (non-hydrogen) atoms. The van der Waals surface area contributed by atoms with Crippen LogP contribution in [0.4, 0.5) is 5.69 Å². The van der Waals surface area contributed by atoms with E-state index >= 15 is 0 Å². The number of hydrogen-bond donors (Lipinski definition) is 1. The van der Waals surface area contributed by atoms with Gasteiger partial charge in [0.1, 0.15) is 5.75 Å². The monoisotopic (exact) mass is 462 g/mol. The molecule has 1 N–H and O–H groups in total. The van der Waals surface area contributed by atoms with Crippen LogP contribution in [0.1, 0.15) is 36.1 Å². The molecule has 2 aliphatic rings. The van der Waals surface area contributed by atoms with Crippen LogP contribution in [-0.4, -0.2) is 27.0 Å². The predicted octanol–water partition coefficient (Wildman–Crippen LogP) is 4.01. The van der Waals surface area contributed by atoms with Gasteiger partial charge in [-0.3, -0.25) is 9.10 Å². The summed E-state index contributed by atoms with van der Waals surface area (Å²) in [5.74, 6) is 0.0272. The van der Waals surface area contributed by atoms with Crippen LogP contribution < -0.4 is 14.4 Å². The highest BCUT2D eigenvalue weighted by molar-refractivity contribution is 7.92. The van der Waals surface area contributed by atoms with E-state index in [-0.39, 0.29) is 23.4 Å². The van der Waals surface area contributed by atoms with Crippen molar-refractivity contribution >= 4 is 21.6 Å². The molecule has 0 unspecified atom stereocenters. The van der Waals surface area contributed by atoms with Gasteiger partial charge in [-0.15, -0.1) is 0 Å². The number of para-hydroxylation sites is 2. The molecule has 0 aromatic heterocycles. The van der Waals surface area contributed by atoms with E-state index in [0.29, 0.717) is 11.4 Å². The van der Waals surface area contributed by atoms with Crippen molar-refractivity contribution in [2.75, 3.05) is 10.8 Å². The Kier molecular flexibility index (Phi) is 5.58. The van der Waals surface area contributed by atoms with Gasteiger partial charge in [0, 0.05) is 0 Å². The summed E-state index contributed by atoms with van der Waals surface area (Å²) in [5.41, 5.74) is 4.19. The lowest BCUT2D eigenvalue weighted by atomic mass is 10.0. The van der Waals surface area contributed by atoms with E-state index in [1.54, 1.807) is 54.6 Å². The lowest BCUT2D eigenvalue weighted by Crippen LogP contribution is -2.51. The number of carbonyl (C=O) groups is 1. The summed E-state index contributed by atoms with van der Waals surface area (Å²) in [6.07, 6.45) is 2.38. The Morgan fingerprint density at radius 3 is 2.55 bits per heavy atom. The molecule has 0 fully saturated rings. The van der Waals surface area contributed by atoms with Crippen LogP contribution in [0.25, 0.3) is 0 Å². The summed E-state index contributed by atoms with van der Waals surface area (Å²) in [4.78, 5) is 13.4. The molecule has 0 saturated heterocycles. The van der Waals surface area contributed by atoms with Gasteiger partial charge < -0.3 is 10.1 Å². The maximum Gasteiger partial charge on any atom is 0.264 e. The van der Waals surface area contributed by atoms with Crippen molar-refractivity contribution in [1.29, 1.82) is 0 Å². The molecule has 5 rings (SSSR count). The number of sulfonamides is 1. The van der Waals surface area contributed by atoms with E-state index in [0.717, 1.165) is 18.4 Å². The summed E-state index contributed by atoms with van der Waals surface area (Å²) < 4.78 is 34.0. The maximum absolute atomic E-state index is 13.4. The average molecular weight is 463 g/mol. The third kappa shape index (κ3) is 4.09. The largest absolute Gasteiger partial charge is 0.476 e. The first-order valence-corrected chi connectivity index (χ1v) is 12.6. The van der Waals surface area contributed by atoms with Crippen molar-refractivity contribution < 1.29 is 17.9 Å². The maximum atomic E-state index is 13.4. The molecule has 0 saturated carbocycles. The van der Waals surface area contributed by atoms with E-state index in [1.165, 1.54) is 21.9 Å². The molecule has 1 amide bonds. The normalized spacial score (nSPS) is 18.1. The minimum atomic E-state index is -3.86. The van der Waals surface area contributed by atoms with Gasteiger partial charge >= 0.3 is 0 Å². The van der Waals surface area contributed by atoms with Crippen molar-refractivity contribution in [2.45, 2.75) is 43.2 Å². The van der Waals surface area contributed by atoms with Gasteiger partial charge in [0.15, 0.2) is 6.10 Å². The molecule has 6 nitrogen and oxygen atoms in total. The summed E-state index contributed by atoms with van der Waals surface area (Å²) in [5, 5.41) is 3.01. The second kappa shape index (κ2) is 8.56. The molecule has 1 aliphatic carbocycles. The molecule has 7 heteroatoms. The molecule has 1 aliphatic heterocycles. The van der Waals surface area contributed by atoms with Crippen LogP contribution >= 0.6 is 0 Å². The van der Waals surface area contributed by atoms with Crippen LogP contribution in [0.5, 0.6) is 5.75 Å². The number of fused-ring (bicyclic) bond motifs is 2. The van der Waals surface area contributed by atoms with Crippen molar-refractivity contribution in [2.24, 2.45) is 0 Å². The molecule has 3 aromatic rings. The van der Waals surface area contributed by atoms with Gasteiger partial charge in [0.25, 0.3) is 15.9 Å². The third-order valence-electron chi connectivity index (χ3n) is 6.34. The molecule has 0 bridgehead atoms. The minimum Gasteiger partial charge on any atom is -0.476 e. The van der Waals surface area contributed by atoms with E-state index in [1.807, 2.05) is 6.92 Å². The molecule has 170 valence electrons. The number of ether oxygens (including phenoxy) is 1. The Balaban J connectivity index is 1.39. The smallest absolute Gasteiger partial charge is 0.264 e. The first-order valence-electron chi connectivity index (χ1n) is 11.2. The highest BCUT2D eigenvalue weighted by Gasteiger charge is 2.37. The number of rotatable bonds is 5. The van der Waals surface area contributed by atoms with Crippen LogP contribution in [0.15, 0.2) is 77.7 Å². The fourth-order valence-electron chi connectivity index (χ4n) is 4.54. The Hall–Kier alpha value is -3.32. The zero-order valence-corrected chi connectivity index (χ0v) is 19.2. The Bertz CT molecular complexity index is 1290. The van der Waals surface area contributed by atoms with Crippen LogP contribution in [0, 0.1) is 0 Å². The van der Waals surface area contributed by atoms with Crippen molar-refractivity contribution in [1.82, 2.24) is 5.32 Å². The zero-order chi connectivity index (χ0) is 23.0. The first-order chi connectivity index (χ1) is 15.9. The van der Waals surface area contributed by atoms with Crippen molar-refractivity contribution in [3.05, 3.63) is 89.5 Å². The quantitative estimate of drug-likeness (QED) is 0.622. The number of hydrogen-bond acceptors (Lipinski definition) is 4. The van der Waals surface area contributed by atoms with E-state index in [4.69, 9.17) is 4.74 Å². The minimum absolute atomic E-state index is 0.100. The molecular weight excluding hydrogens is 436 g/mol. The lowest BCUT2D eigenvalue weighted by molar-refractivity contribution is -0.128. The van der Waals surface area contributed by atoms with E-state index < -0.39 is 16.1 Å². The Morgan fingerprint density at radius 2 is 1.73 bits per heavy atom. The van der Waals surface area contributed by atoms with Gasteiger partial charge in [0.05, 0.1) is 23.2 Å². The second-order valence-corrected chi connectivity index (χ2v) is 10.4. The topological polar surface area (TPSA) is 75.7 Å². The van der Waals surface area contributed by atoms with Gasteiger partial charge in [-0.1, -0.05) is 48.5 Å². The fraction of sp³-hybridized carbons (Fsp3) is 0.269. The predicted molar refractivity (Wildman–Crippen MR) is 127 cm³/mol. The Morgan fingerprint density at radius 1 is 1.00 bits per heavy atom. The van der Waals surface area contributed by atoms with Crippen LogP contribution in [-0.2, 0) is 27.7 Å². The number of benzene rings is 3. The number of nitrogens with one attached hydrogen (secondary N) is 1. The number of anilines is 1. The van der Waals surface area contributed by atoms with Gasteiger partial charge in [-0.25, -0.2) is 8.42 Å². The first kappa shape index (κ1) is 21.5. The molecule has 0 spiro atoms. The number of nitrogens with zero attached hydrogens (tertiary/aromatic N) is 1.